The van der Waals surface area contributed by atoms with Gasteiger partial charge in [0.2, 0.25) is 0 Å². The number of hydrogen-bond acceptors (Lipinski definition) is 4. The molecule has 0 amide bonds. The largest absolute Gasteiger partial charge is 0.367 e. The van der Waals surface area contributed by atoms with Crippen LogP contribution in [-0.2, 0) is 0 Å². The van der Waals surface area contributed by atoms with Crippen LogP contribution < -0.4 is 5.32 Å². The Morgan fingerprint density at radius 3 is 2.68 bits per heavy atom. The number of amidine groups is 1. The van der Waals surface area contributed by atoms with Crippen molar-refractivity contribution >= 4 is 17.4 Å². The summed E-state index contributed by atoms with van der Waals surface area (Å²) in [5.41, 5.74) is 0.973. The molecule has 0 spiro atoms. The van der Waals surface area contributed by atoms with Crippen LogP contribution >= 0.6 is 11.5 Å². The van der Waals surface area contributed by atoms with E-state index in [4.69, 9.17) is 4.99 Å². The molecular formula is C14H24N4S. The predicted octanol–water partition coefficient (Wildman–Crippen LogP) is 3.17. The van der Waals surface area contributed by atoms with Gasteiger partial charge < -0.3 is 5.32 Å². The van der Waals surface area contributed by atoms with Crippen molar-refractivity contribution in [1.82, 2.24) is 14.9 Å². The average molecular weight is 280 g/mol. The van der Waals surface area contributed by atoms with E-state index in [1.54, 1.807) is 0 Å². The molecule has 1 aliphatic carbocycles. The second kappa shape index (κ2) is 6.98. The van der Waals surface area contributed by atoms with Gasteiger partial charge in [-0.05, 0) is 51.1 Å². The number of aliphatic imine (C=N–C) groups is 1. The molecular weight excluding hydrogens is 256 g/mol. The minimum absolute atomic E-state index is 0.381. The van der Waals surface area contributed by atoms with E-state index in [0.717, 1.165) is 28.9 Å². The Balaban J connectivity index is 2.06. The summed E-state index contributed by atoms with van der Waals surface area (Å²) >= 11 is 1.43. The molecule has 19 heavy (non-hydrogen) atoms. The molecule has 1 heterocycles. The van der Waals surface area contributed by atoms with Crippen LogP contribution in [0.1, 0.15) is 56.5 Å². The zero-order valence-electron chi connectivity index (χ0n) is 12.1. The van der Waals surface area contributed by atoms with Crippen LogP contribution in [0.3, 0.4) is 0 Å². The number of rotatable bonds is 4. The summed E-state index contributed by atoms with van der Waals surface area (Å²) in [6.07, 6.45) is 6.80. The van der Waals surface area contributed by atoms with Crippen LogP contribution in [0.25, 0.3) is 0 Å². The molecule has 4 nitrogen and oxygen atoms in total. The molecule has 0 aromatic carbocycles. The van der Waals surface area contributed by atoms with Crippen LogP contribution in [0, 0.1) is 12.8 Å². The van der Waals surface area contributed by atoms with Crippen LogP contribution in [0.4, 0.5) is 0 Å². The second-order valence-electron chi connectivity index (χ2n) is 5.68. The molecule has 1 aliphatic rings. The molecule has 1 fully saturated rings. The van der Waals surface area contributed by atoms with Crippen molar-refractivity contribution in [3.8, 4) is 0 Å². The third-order valence-corrected chi connectivity index (χ3v) is 4.36. The minimum atomic E-state index is 0.381. The molecule has 106 valence electrons. The highest BCUT2D eigenvalue weighted by atomic mass is 32.1. The summed E-state index contributed by atoms with van der Waals surface area (Å²) in [5, 5.41) is 7.53. The highest BCUT2D eigenvalue weighted by Gasteiger charge is 2.16. The molecule has 1 N–H and O–H groups in total. The standard InChI is InChI=1S/C14H24N4S/c1-10(2)16-14(13-11(3)17-18-19-13)15-9-12-7-5-4-6-8-12/h10,12H,4-9H2,1-3H3,(H,15,16). The van der Waals surface area contributed by atoms with E-state index in [0.29, 0.717) is 6.04 Å². The molecule has 1 aromatic heterocycles. The number of nitrogens with one attached hydrogen (secondary N) is 1. The van der Waals surface area contributed by atoms with E-state index in [1.165, 1.54) is 43.6 Å². The summed E-state index contributed by atoms with van der Waals surface area (Å²) in [5.74, 6) is 1.74. The first kappa shape index (κ1) is 14.4. The highest BCUT2D eigenvalue weighted by molar-refractivity contribution is 7.08. The first-order valence-electron chi connectivity index (χ1n) is 7.27. The first-order valence-corrected chi connectivity index (χ1v) is 8.04. The third kappa shape index (κ3) is 4.27. The van der Waals surface area contributed by atoms with E-state index in [1.807, 2.05) is 6.92 Å². The molecule has 0 radical (unpaired) electrons. The van der Waals surface area contributed by atoms with Crippen molar-refractivity contribution in [3.63, 3.8) is 0 Å². The molecule has 1 aromatic rings. The van der Waals surface area contributed by atoms with Crippen molar-refractivity contribution in [2.75, 3.05) is 6.54 Å². The first-order chi connectivity index (χ1) is 9.16. The Hall–Kier alpha value is -0.970. The van der Waals surface area contributed by atoms with Crippen LogP contribution in [0.5, 0.6) is 0 Å². The quantitative estimate of drug-likeness (QED) is 0.681. The lowest BCUT2D eigenvalue weighted by Gasteiger charge is -2.20. The molecule has 0 unspecified atom stereocenters. The SMILES string of the molecule is Cc1nnsc1C(=NCC1CCCCC1)NC(C)C. The Labute approximate surface area is 119 Å². The zero-order chi connectivity index (χ0) is 13.7. The Morgan fingerprint density at radius 1 is 1.37 bits per heavy atom. The summed E-state index contributed by atoms with van der Waals surface area (Å²) in [4.78, 5) is 5.91. The van der Waals surface area contributed by atoms with Crippen molar-refractivity contribution in [3.05, 3.63) is 10.6 Å². The van der Waals surface area contributed by atoms with Gasteiger partial charge in [-0.3, -0.25) is 4.99 Å². The molecule has 0 bridgehead atoms. The van der Waals surface area contributed by atoms with Crippen molar-refractivity contribution in [1.29, 1.82) is 0 Å². The molecule has 1 saturated carbocycles. The Kier molecular flexibility index (Phi) is 5.31. The van der Waals surface area contributed by atoms with Crippen LogP contribution in [0.2, 0.25) is 0 Å². The number of aromatic nitrogens is 2. The Bertz CT molecular complexity index is 419. The van der Waals surface area contributed by atoms with Crippen molar-refractivity contribution < 1.29 is 0 Å². The fourth-order valence-electron chi connectivity index (χ4n) is 2.50. The summed E-state index contributed by atoms with van der Waals surface area (Å²) in [7, 11) is 0. The highest BCUT2D eigenvalue weighted by Crippen LogP contribution is 2.24. The predicted molar refractivity (Wildman–Crippen MR) is 80.9 cm³/mol. The molecule has 5 heteroatoms. The number of aryl methyl sites for hydroxylation is 1. The van der Waals surface area contributed by atoms with Crippen molar-refractivity contribution in [2.45, 2.75) is 58.9 Å². The van der Waals surface area contributed by atoms with E-state index in [9.17, 15) is 0 Å². The van der Waals surface area contributed by atoms with E-state index < -0.39 is 0 Å². The van der Waals surface area contributed by atoms with Gasteiger partial charge in [0.1, 0.15) is 10.7 Å². The Morgan fingerprint density at radius 2 is 2.11 bits per heavy atom. The molecule has 2 rings (SSSR count). The van der Waals surface area contributed by atoms with Gasteiger partial charge in [-0.25, -0.2) is 0 Å². The van der Waals surface area contributed by atoms with E-state index in [-0.39, 0.29) is 0 Å². The normalized spacial score (nSPS) is 18.0. The van der Waals surface area contributed by atoms with Crippen LogP contribution in [-0.4, -0.2) is 28.0 Å². The molecule has 0 aliphatic heterocycles. The van der Waals surface area contributed by atoms with Gasteiger partial charge in [0, 0.05) is 12.6 Å². The maximum Gasteiger partial charge on any atom is 0.142 e. The lowest BCUT2D eigenvalue weighted by atomic mass is 9.89. The van der Waals surface area contributed by atoms with Crippen LogP contribution in [0.15, 0.2) is 4.99 Å². The molecule has 0 atom stereocenters. The smallest absolute Gasteiger partial charge is 0.142 e. The molecule has 0 saturated heterocycles. The summed E-state index contributed by atoms with van der Waals surface area (Å²) in [6.45, 7) is 7.21. The summed E-state index contributed by atoms with van der Waals surface area (Å²) in [6, 6.07) is 0.381. The maximum atomic E-state index is 4.83. The van der Waals surface area contributed by atoms with E-state index in [2.05, 4.69) is 28.8 Å². The average Bonchev–Trinajstić information content (AvgIpc) is 2.81. The number of nitrogens with zero attached hydrogens (tertiary/aromatic N) is 3. The number of hydrogen-bond donors (Lipinski definition) is 1. The van der Waals surface area contributed by atoms with Gasteiger partial charge in [-0.15, -0.1) is 5.10 Å². The maximum absolute atomic E-state index is 4.83. The fourth-order valence-corrected chi connectivity index (χ4v) is 3.12. The zero-order valence-corrected chi connectivity index (χ0v) is 13.0. The van der Waals surface area contributed by atoms with Gasteiger partial charge in [0.15, 0.2) is 0 Å². The lowest BCUT2D eigenvalue weighted by molar-refractivity contribution is 0.366. The lowest BCUT2D eigenvalue weighted by Crippen LogP contribution is -2.31. The van der Waals surface area contributed by atoms with Gasteiger partial charge in [0.25, 0.3) is 0 Å². The fraction of sp³-hybridized carbons (Fsp3) is 0.786. The van der Waals surface area contributed by atoms with Gasteiger partial charge in [-0.2, -0.15) is 0 Å². The van der Waals surface area contributed by atoms with Gasteiger partial charge >= 0.3 is 0 Å². The van der Waals surface area contributed by atoms with E-state index >= 15 is 0 Å². The van der Waals surface area contributed by atoms with Gasteiger partial charge in [-0.1, -0.05) is 23.8 Å². The topological polar surface area (TPSA) is 50.2 Å². The third-order valence-electron chi connectivity index (χ3n) is 3.52. The second-order valence-corrected chi connectivity index (χ2v) is 6.43. The minimum Gasteiger partial charge on any atom is -0.367 e. The van der Waals surface area contributed by atoms with Gasteiger partial charge in [0.05, 0.1) is 5.69 Å². The summed E-state index contributed by atoms with van der Waals surface area (Å²) < 4.78 is 4.02. The monoisotopic (exact) mass is 280 g/mol. The van der Waals surface area contributed by atoms with Crippen molar-refractivity contribution in [2.24, 2.45) is 10.9 Å².